The highest BCUT2D eigenvalue weighted by molar-refractivity contribution is 6.03. The molecule has 6 nitrogen and oxygen atoms in total. The largest absolute Gasteiger partial charge is 0.497 e. The van der Waals surface area contributed by atoms with Crippen molar-refractivity contribution in [1.29, 1.82) is 0 Å². The van der Waals surface area contributed by atoms with Gasteiger partial charge in [-0.15, -0.1) is 0 Å². The van der Waals surface area contributed by atoms with Crippen LogP contribution in [0.15, 0.2) is 48.5 Å². The van der Waals surface area contributed by atoms with Crippen molar-refractivity contribution in [1.82, 2.24) is 14.8 Å². The van der Waals surface area contributed by atoms with Gasteiger partial charge in [-0.05, 0) is 55.7 Å². The molecule has 2 amide bonds. The third-order valence-electron chi connectivity index (χ3n) is 7.80. The van der Waals surface area contributed by atoms with Crippen LogP contribution >= 0.6 is 0 Å². The van der Waals surface area contributed by atoms with Crippen molar-refractivity contribution in [3.05, 3.63) is 65.6 Å². The number of nitrogens with zero attached hydrogens (tertiary/aromatic N) is 2. The summed E-state index contributed by atoms with van der Waals surface area (Å²) in [5.74, 6) is -0.0678. The molecule has 1 atom stereocenters. The predicted molar refractivity (Wildman–Crippen MR) is 137 cm³/mol. The second-order valence-electron chi connectivity index (χ2n) is 10.4. The highest BCUT2D eigenvalue weighted by Gasteiger charge is 2.48. The molecule has 1 aliphatic carbocycles. The van der Waals surface area contributed by atoms with Gasteiger partial charge in [0.25, 0.3) is 5.91 Å². The fourth-order valence-corrected chi connectivity index (χ4v) is 5.66. The standard InChI is InChI=1S/C29H34FN3O3/c1-29(28(35)31-23-11-6-4-3-5-7-12-23)19-32-25-17-24(36-2)14-13-21(25)16-26(32)27(34)33(29)18-20-9-8-10-22(30)15-20/h8-10,13-17,23H,3-7,11-12,18-19H2,1-2H3,(H,31,35)/t29-/m1/s1. The zero-order valence-corrected chi connectivity index (χ0v) is 21.1. The number of benzene rings is 2. The Morgan fingerprint density at radius 1 is 1.08 bits per heavy atom. The number of carbonyl (C=O) groups excluding carboxylic acids is 2. The second-order valence-corrected chi connectivity index (χ2v) is 10.4. The number of hydrogen-bond donors (Lipinski definition) is 1. The first-order valence-electron chi connectivity index (χ1n) is 12.9. The topological polar surface area (TPSA) is 63.6 Å². The van der Waals surface area contributed by atoms with Crippen LogP contribution in [0.2, 0.25) is 0 Å². The predicted octanol–water partition coefficient (Wildman–Crippen LogP) is 5.43. The number of halogens is 1. The summed E-state index contributed by atoms with van der Waals surface area (Å²) in [5, 5.41) is 4.20. The fraction of sp³-hybridized carbons (Fsp3) is 0.448. The number of ether oxygens (including phenoxy) is 1. The molecule has 3 aromatic rings. The van der Waals surface area contributed by atoms with Gasteiger partial charge in [0.1, 0.15) is 22.8 Å². The Kier molecular flexibility index (Phi) is 6.73. The number of aromatic nitrogens is 1. The molecule has 36 heavy (non-hydrogen) atoms. The molecule has 5 rings (SSSR count). The number of nitrogens with one attached hydrogen (secondary N) is 1. The monoisotopic (exact) mass is 491 g/mol. The van der Waals surface area contributed by atoms with Gasteiger partial charge < -0.3 is 19.5 Å². The van der Waals surface area contributed by atoms with Gasteiger partial charge in [0.05, 0.1) is 19.2 Å². The molecule has 7 heteroatoms. The lowest BCUT2D eigenvalue weighted by atomic mass is 9.91. The van der Waals surface area contributed by atoms with Crippen LogP contribution in [0.4, 0.5) is 4.39 Å². The van der Waals surface area contributed by atoms with E-state index in [-0.39, 0.29) is 30.2 Å². The summed E-state index contributed by atoms with van der Waals surface area (Å²) >= 11 is 0. The number of fused-ring (bicyclic) bond motifs is 3. The van der Waals surface area contributed by atoms with E-state index in [1.165, 1.54) is 31.4 Å². The van der Waals surface area contributed by atoms with E-state index in [2.05, 4.69) is 5.32 Å². The summed E-state index contributed by atoms with van der Waals surface area (Å²) in [4.78, 5) is 29.5. The molecule has 1 saturated carbocycles. The van der Waals surface area contributed by atoms with E-state index in [1.54, 1.807) is 24.1 Å². The first kappa shape index (κ1) is 24.3. The van der Waals surface area contributed by atoms with Crippen LogP contribution in [0.5, 0.6) is 5.75 Å². The number of methoxy groups -OCH3 is 1. The van der Waals surface area contributed by atoms with Crippen molar-refractivity contribution in [3.63, 3.8) is 0 Å². The molecule has 0 saturated heterocycles. The van der Waals surface area contributed by atoms with Gasteiger partial charge in [-0.1, -0.05) is 44.2 Å². The number of hydrogen-bond acceptors (Lipinski definition) is 3. The molecule has 1 aliphatic heterocycles. The van der Waals surface area contributed by atoms with Crippen LogP contribution in [0.3, 0.4) is 0 Å². The molecule has 1 aromatic heterocycles. The first-order valence-corrected chi connectivity index (χ1v) is 12.9. The second kappa shape index (κ2) is 9.96. The minimum atomic E-state index is -1.15. The average Bonchev–Trinajstić information content (AvgIpc) is 3.21. The zero-order valence-electron chi connectivity index (χ0n) is 21.1. The van der Waals surface area contributed by atoms with Gasteiger partial charge in [0.2, 0.25) is 5.91 Å². The van der Waals surface area contributed by atoms with E-state index in [9.17, 15) is 14.0 Å². The SMILES string of the molecule is COc1ccc2cc3n(c2c1)C[C@](C)(C(=O)NC1CCCCCCC1)N(Cc1cccc(F)c1)C3=O. The van der Waals surface area contributed by atoms with Crippen LogP contribution in [0.25, 0.3) is 10.9 Å². The lowest BCUT2D eigenvalue weighted by Gasteiger charge is -2.44. The Morgan fingerprint density at radius 3 is 2.56 bits per heavy atom. The molecule has 2 aromatic carbocycles. The fourth-order valence-electron chi connectivity index (χ4n) is 5.66. The Hall–Kier alpha value is -3.35. The summed E-state index contributed by atoms with van der Waals surface area (Å²) in [7, 11) is 1.61. The van der Waals surface area contributed by atoms with Crippen molar-refractivity contribution in [2.45, 2.75) is 76.5 Å². The van der Waals surface area contributed by atoms with Gasteiger partial charge in [0, 0.05) is 24.0 Å². The minimum Gasteiger partial charge on any atom is -0.497 e. The normalized spacial score (nSPS) is 21.1. The van der Waals surface area contributed by atoms with Gasteiger partial charge in [0.15, 0.2) is 0 Å². The molecule has 1 fully saturated rings. The molecule has 1 N–H and O–H groups in total. The quantitative estimate of drug-likeness (QED) is 0.518. The average molecular weight is 492 g/mol. The van der Waals surface area contributed by atoms with Gasteiger partial charge in [-0.25, -0.2) is 4.39 Å². The van der Waals surface area contributed by atoms with Crippen molar-refractivity contribution in [2.75, 3.05) is 7.11 Å². The lowest BCUT2D eigenvalue weighted by Crippen LogP contribution is -2.64. The Bertz CT molecular complexity index is 1280. The third kappa shape index (κ3) is 4.59. The summed E-state index contributed by atoms with van der Waals surface area (Å²) in [6, 6.07) is 13.9. The highest BCUT2D eigenvalue weighted by Crippen LogP contribution is 2.35. The Labute approximate surface area is 211 Å². The van der Waals surface area contributed by atoms with E-state index in [0.717, 1.165) is 36.6 Å². The molecule has 2 heterocycles. The molecular weight excluding hydrogens is 457 g/mol. The molecule has 0 unspecified atom stereocenters. The maximum atomic E-state index is 14.0. The van der Waals surface area contributed by atoms with Crippen molar-refractivity contribution in [2.24, 2.45) is 0 Å². The number of rotatable bonds is 5. The Balaban J connectivity index is 1.54. The van der Waals surface area contributed by atoms with E-state index < -0.39 is 5.54 Å². The van der Waals surface area contributed by atoms with Crippen LogP contribution in [0.1, 0.15) is 67.9 Å². The maximum absolute atomic E-state index is 14.0. The summed E-state index contributed by atoms with van der Waals surface area (Å²) < 4.78 is 21.4. The summed E-state index contributed by atoms with van der Waals surface area (Å²) in [6.07, 6.45) is 7.73. The third-order valence-corrected chi connectivity index (χ3v) is 7.80. The van der Waals surface area contributed by atoms with Crippen molar-refractivity contribution < 1.29 is 18.7 Å². The first-order chi connectivity index (χ1) is 17.4. The van der Waals surface area contributed by atoms with Crippen LogP contribution in [-0.4, -0.2) is 40.0 Å². The molecule has 0 bridgehead atoms. The summed E-state index contributed by atoms with van der Waals surface area (Å²) in [5.41, 5.74) is 0.881. The molecule has 0 radical (unpaired) electrons. The van der Waals surface area contributed by atoms with Crippen LogP contribution in [-0.2, 0) is 17.9 Å². The molecule has 190 valence electrons. The number of amides is 2. The zero-order chi connectivity index (χ0) is 25.3. The van der Waals surface area contributed by atoms with Gasteiger partial charge in [-0.3, -0.25) is 9.59 Å². The van der Waals surface area contributed by atoms with E-state index in [4.69, 9.17) is 4.74 Å². The molecule has 0 spiro atoms. The van der Waals surface area contributed by atoms with Gasteiger partial charge >= 0.3 is 0 Å². The van der Waals surface area contributed by atoms with E-state index in [0.29, 0.717) is 23.6 Å². The minimum absolute atomic E-state index is 0.101. The summed E-state index contributed by atoms with van der Waals surface area (Å²) in [6.45, 7) is 2.28. The van der Waals surface area contributed by atoms with Crippen LogP contribution in [0, 0.1) is 5.82 Å². The molecular formula is C29H34FN3O3. The van der Waals surface area contributed by atoms with Crippen molar-refractivity contribution in [3.8, 4) is 5.75 Å². The smallest absolute Gasteiger partial charge is 0.271 e. The van der Waals surface area contributed by atoms with Crippen molar-refractivity contribution >= 4 is 22.7 Å². The maximum Gasteiger partial charge on any atom is 0.271 e. The van der Waals surface area contributed by atoms with Crippen LogP contribution < -0.4 is 10.1 Å². The Morgan fingerprint density at radius 2 is 1.83 bits per heavy atom. The van der Waals surface area contributed by atoms with E-state index in [1.807, 2.05) is 35.8 Å². The lowest BCUT2D eigenvalue weighted by molar-refractivity contribution is -0.134. The number of carbonyl (C=O) groups is 2. The highest BCUT2D eigenvalue weighted by atomic mass is 19.1. The van der Waals surface area contributed by atoms with Gasteiger partial charge in [-0.2, -0.15) is 0 Å². The molecule has 2 aliphatic rings. The van der Waals surface area contributed by atoms with E-state index >= 15 is 0 Å².